The molecule has 1 saturated carbocycles. The molecule has 2 unspecified atom stereocenters. The molecule has 0 aromatic carbocycles. The van der Waals surface area contributed by atoms with Crippen molar-refractivity contribution in [2.45, 2.75) is 37.8 Å². The summed E-state index contributed by atoms with van der Waals surface area (Å²) >= 11 is 0. The van der Waals surface area contributed by atoms with E-state index in [9.17, 15) is 4.79 Å². The minimum atomic E-state index is 0.250. The van der Waals surface area contributed by atoms with E-state index in [2.05, 4.69) is 4.90 Å². The first-order valence-corrected chi connectivity index (χ1v) is 5.90. The van der Waals surface area contributed by atoms with Crippen LogP contribution in [0, 0.1) is 0 Å². The number of rotatable bonds is 1. The van der Waals surface area contributed by atoms with Crippen molar-refractivity contribution in [1.82, 2.24) is 9.80 Å². The van der Waals surface area contributed by atoms with Gasteiger partial charge in [-0.25, -0.2) is 0 Å². The molecule has 1 amide bonds. The fourth-order valence-electron chi connectivity index (χ4n) is 2.62. The predicted molar refractivity (Wildman–Crippen MR) is 59.4 cm³/mol. The Morgan fingerprint density at radius 1 is 1.33 bits per heavy atom. The molecule has 4 nitrogen and oxygen atoms in total. The second-order valence-corrected chi connectivity index (χ2v) is 4.87. The first-order chi connectivity index (χ1) is 7.16. The lowest BCUT2D eigenvalue weighted by atomic mass is 9.90. The van der Waals surface area contributed by atoms with Gasteiger partial charge in [0.1, 0.15) is 0 Å². The van der Waals surface area contributed by atoms with Crippen molar-refractivity contribution in [2.75, 3.05) is 26.7 Å². The van der Waals surface area contributed by atoms with E-state index in [4.69, 9.17) is 5.73 Å². The van der Waals surface area contributed by atoms with Crippen LogP contribution < -0.4 is 5.73 Å². The lowest BCUT2D eigenvalue weighted by molar-refractivity contribution is -0.135. The van der Waals surface area contributed by atoms with Gasteiger partial charge in [-0.15, -0.1) is 0 Å². The Morgan fingerprint density at radius 2 is 2.13 bits per heavy atom. The molecule has 2 rings (SSSR count). The topological polar surface area (TPSA) is 49.6 Å². The Labute approximate surface area is 91.4 Å². The molecular formula is C11H21N3O. The summed E-state index contributed by atoms with van der Waals surface area (Å²) in [5.74, 6) is 0.250. The van der Waals surface area contributed by atoms with Crippen molar-refractivity contribution in [3.63, 3.8) is 0 Å². The number of hydrogen-bond acceptors (Lipinski definition) is 3. The van der Waals surface area contributed by atoms with Crippen LogP contribution in [0.4, 0.5) is 0 Å². The predicted octanol–water partition coefficient (Wildman–Crippen LogP) is 0.0303. The van der Waals surface area contributed by atoms with Crippen molar-refractivity contribution >= 4 is 5.91 Å². The van der Waals surface area contributed by atoms with Crippen LogP contribution in [-0.4, -0.2) is 54.5 Å². The molecule has 0 bridgehead atoms. The third-order valence-corrected chi connectivity index (χ3v) is 3.69. The molecule has 2 N–H and O–H groups in total. The highest BCUT2D eigenvalue weighted by Gasteiger charge is 2.29. The van der Waals surface area contributed by atoms with Gasteiger partial charge in [0.15, 0.2) is 0 Å². The SMILES string of the molecule is CN1CCN(C2CCCC(N)C2)CC1=O. The van der Waals surface area contributed by atoms with Crippen molar-refractivity contribution in [1.29, 1.82) is 0 Å². The molecule has 1 aliphatic heterocycles. The van der Waals surface area contributed by atoms with E-state index in [1.807, 2.05) is 11.9 Å². The molecule has 86 valence electrons. The first-order valence-electron chi connectivity index (χ1n) is 5.90. The largest absolute Gasteiger partial charge is 0.343 e. The molecular weight excluding hydrogens is 190 g/mol. The van der Waals surface area contributed by atoms with E-state index >= 15 is 0 Å². The van der Waals surface area contributed by atoms with E-state index in [1.165, 1.54) is 12.8 Å². The monoisotopic (exact) mass is 211 g/mol. The number of amides is 1. The molecule has 4 heteroatoms. The maximum Gasteiger partial charge on any atom is 0.236 e. The second kappa shape index (κ2) is 4.49. The molecule has 0 spiro atoms. The first kappa shape index (κ1) is 10.9. The molecule has 0 radical (unpaired) electrons. The van der Waals surface area contributed by atoms with Gasteiger partial charge in [-0.3, -0.25) is 9.69 Å². The third kappa shape index (κ3) is 2.49. The van der Waals surface area contributed by atoms with E-state index in [1.54, 1.807) is 0 Å². The van der Waals surface area contributed by atoms with Gasteiger partial charge in [0.05, 0.1) is 6.54 Å². The minimum Gasteiger partial charge on any atom is -0.343 e. The number of likely N-dealkylation sites (N-methyl/N-ethyl adjacent to an activating group) is 1. The zero-order valence-corrected chi connectivity index (χ0v) is 9.48. The minimum absolute atomic E-state index is 0.250. The van der Waals surface area contributed by atoms with Gasteiger partial charge in [-0.05, 0) is 19.3 Å². The highest BCUT2D eigenvalue weighted by atomic mass is 16.2. The van der Waals surface area contributed by atoms with Crippen LogP contribution in [-0.2, 0) is 4.79 Å². The smallest absolute Gasteiger partial charge is 0.236 e. The fourth-order valence-corrected chi connectivity index (χ4v) is 2.62. The zero-order chi connectivity index (χ0) is 10.8. The normalized spacial score (nSPS) is 34.5. The lowest BCUT2D eigenvalue weighted by Crippen LogP contribution is -2.54. The maximum atomic E-state index is 11.6. The number of hydrogen-bond donors (Lipinski definition) is 1. The second-order valence-electron chi connectivity index (χ2n) is 4.87. The molecule has 0 aromatic rings. The van der Waals surface area contributed by atoms with Crippen LogP contribution in [0.15, 0.2) is 0 Å². The van der Waals surface area contributed by atoms with Gasteiger partial charge in [-0.2, -0.15) is 0 Å². The van der Waals surface area contributed by atoms with Crippen LogP contribution in [0.5, 0.6) is 0 Å². The van der Waals surface area contributed by atoms with Gasteiger partial charge in [-0.1, -0.05) is 6.42 Å². The Hall–Kier alpha value is -0.610. The summed E-state index contributed by atoms with van der Waals surface area (Å²) in [5, 5.41) is 0. The molecule has 1 aliphatic carbocycles. The number of nitrogens with two attached hydrogens (primary N) is 1. The number of carbonyl (C=O) groups is 1. The van der Waals surface area contributed by atoms with Crippen LogP contribution in [0.1, 0.15) is 25.7 Å². The Bertz CT molecular complexity index is 244. The number of carbonyl (C=O) groups excluding carboxylic acids is 1. The number of nitrogens with zero attached hydrogens (tertiary/aromatic N) is 2. The zero-order valence-electron chi connectivity index (χ0n) is 9.48. The summed E-state index contributed by atoms with van der Waals surface area (Å²) in [7, 11) is 1.88. The van der Waals surface area contributed by atoms with Gasteiger partial charge < -0.3 is 10.6 Å². The van der Waals surface area contributed by atoms with Gasteiger partial charge >= 0.3 is 0 Å². The molecule has 2 fully saturated rings. The molecule has 1 saturated heterocycles. The van der Waals surface area contributed by atoms with Crippen molar-refractivity contribution in [2.24, 2.45) is 5.73 Å². The van der Waals surface area contributed by atoms with Crippen molar-refractivity contribution < 1.29 is 4.79 Å². The highest BCUT2D eigenvalue weighted by molar-refractivity contribution is 5.78. The average Bonchev–Trinajstić information content (AvgIpc) is 2.22. The molecule has 2 atom stereocenters. The summed E-state index contributed by atoms with van der Waals surface area (Å²) in [6, 6.07) is 0.893. The highest BCUT2D eigenvalue weighted by Crippen LogP contribution is 2.22. The van der Waals surface area contributed by atoms with Crippen LogP contribution >= 0.6 is 0 Å². The molecule has 1 heterocycles. The van der Waals surface area contributed by atoms with E-state index in [-0.39, 0.29) is 5.91 Å². The van der Waals surface area contributed by atoms with Crippen LogP contribution in [0.3, 0.4) is 0 Å². The molecule has 2 aliphatic rings. The lowest BCUT2D eigenvalue weighted by Gasteiger charge is -2.40. The standard InChI is InChI=1S/C11H21N3O/c1-13-5-6-14(8-11(13)15)10-4-2-3-9(12)7-10/h9-10H,2-8,12H2,1H3. The summed E-state index contributed by atoms with van der Waals surface area (Å²) in [6.45, 7) is 2.47. The summed E-state index contributed by atoms with van der Waals surface area (Å²) < 4.78 is 0. The fraction of sp³-hybridized carbons (Fsp3) is 0.909. The maximum absolute atomic E-state index is 11.6. The summed E-state index contributed by atoms with van der Waals surface area (Å²) in [6.07, 6.45) is 4.65. The third-order valence-electron chi connectivity index (χ3n) is 3.69. The van der Waals surface area contributed by atoms with Crippen LogP contribution in [0.25, 0.3) is 0 Å². The quantitative estimate of drug-likeness (QED) is 0.666. The Morgan fingerprint density at radius 3 is 2.80 bits per heavy atom. The van der Waals surface area contributed by atoms with Gasteiger partial charge in [0, 0.05) is 32.2 Å². The Kier molecular flexibility index (Phi) is 3.26. The van der Waals surface area contributed by atoms with Crippen molar-refractivity contribution in [3.05, 3.63) is 0 Å². The number of piperazine rings is 1. The van der Waals surface area contributed by atoms with E-state index < -0.39 is 0 Å². The van der Waals surface area contributed by atoms with E-state index in [0.29, 0.717) is 18.6 Å². The summed E-state index contributed by atoms with van der Waals surface area (Å²) in [4.78, 5) is 15.7. The van der Waals surface area contributed by atoms with E-state index in [0.717, 1.165) is 25.9 Å². The molecule has 15 heavy (non-hydrogen) atoms. The summed E-state index contributed by atoms with van der Waals surface area (Å²) in [5.41, 5.74) is 5.97. The van der Waals surface area contributed by atoms with Crippen molar-refractivity contribution in [3.8, 4) is 0 Å². The van der Waals surface area contributed by atoms with Gasteiger partial charge in [0.2, 0.25) is 5.91 Å². The average molecular weight is 211 g/mol. The van der Waals surface area contributed by atoms with Crippen LogP contribution in [0.2, 0.25) is 0 Å². The van der Waals surface area contributed by atoms with Gasteiger partial charge in [0.25, 0.3) is 0 Å². The molecule has 0 aromatic heterocycles. The Balaban J connectivity index is 1.90.